The topological polar surface area (TPSA) is 43.4 Å². The van der Waals surface area contributed by atoms with Gasteiger partial charge in [0.1, 0.15) is 6.42 Å². The van der Waals surface area contributed by atoms with E-state index in [-0.39, 0.29) is 0 Å². The molecule has 0 aliphatic heterocycles. The maximum atomic E-state index is 9.98. The number of hydrogen-bond donors (Lipinski definition) is 0. The quantitative estimate of drug-likeness (QED) is 0.469. The third kappa shape index (κ3) is 0.268. The van der Waals surface area contributed by atoms with Crippen molar-refractivity contribution in [2.45, 2.75) is 0 Å². The summed E-state index contributed by atoms with van der Waals surface area (Å²) in [5.41, 5.74) is 0. The summed E-state index contributed by atoms with van der Waals surface area (Å²) in [5.74, 6) is 0.572. The van der Waals surface area contributed by atoms with Crippen LogP contribution in [0.5, 0.6) is 0 Å². The standard InChI is InChI=1S/C4HO3/c5-4-6-2-1-3(2)7-4/h1H. The van der Waals surface area contributed by atoms with Crippen molar-refractivity contribution < 1.29 is 8.83 Å². The zero-order chi connectivity index (χ0) is 4.85. The normalized spacial score (nSPS) is 13.7. The van der Waals surface area contributed by atoms with Gasteiger partial charge in [-0.25, -0.2) is 4.79 Å². The first kappa shape index (κ1) is 3.07. The van der Waals surface area contributed by atoms with Crippen LogP contribution in [0.4, 0.5) is 0 Å². The molecule has 0 saturated carbocycles. The monoisotopic (exact) mass is 97.0 g/mol. The molecule has 0 aromatic carbocycles. The summed E-state index contributed by atoms with van der Waals surface area (Å²) < 4.78 is 8.80. The van der Waals surface area contributed by atoms with Crippen LogP contribution in [-0.2, 0) is 0 Å². The Balaban J connectivity index is 2.91. The van der Waals surface area contributed by atoms with Gasteiger partial charge in [-0.2, -0.15) is 0 Å². The largest absolute Gasteiger partial charge is 0.519 e. The molecule has 0 spiro atoms. The fraction of sp³-hybridized carbons (Fsp3) is 0. The molecule has 1 aromatic rings. The summed E-state index contributed by atoms with van der Waals surface area (Å²) in [6.07, 6.45) is 1.65. The molecule has 2 rings (SSSR count). The average Bonchev–Trinajstić information content (AvgIpc) is 2.15. The summed E-state index contributed by atoms with van der Waals surface area (Å²) in [5, 5.41) is 0. The Morgan fingerprint density at radius 3 is 2.14 bits per heavy atom. The maximum absolute atomic E-state index is 9.98. The zero-order valence-corrected chi connectivity index (χ0v) is 3.30. The molecule has 35 valence electrons. The van der Waals surface area contributed by atoms with Crippen LogP contribution >= 0.6 is 0 Å². The average molecular weight is 97.0 g/mol. The summed E-state index contributed by atoms with van der Waals surface area (Å²) in [4.78, 5) is 9.98. The molecule has 1 aliphatic rings. The lowest BCUT2D eigenvalue weighted by molar-refractivity contribution is 0.363. The maximum Gasteiger partial charge on any atom is 0.519 e. The highest BCUT2D eigenvalue weighted by atomic mass is 16.6. The van der Waals surface area contributed by atoms with Gasteiger partial charge in [0, 0.05) is 0 Å². The molecule has 0 saturated heterocycles. The van der Waals surface area contributed by atoms with Crippen molar-refractivity contribution in [3.05, 3.63) is 28.6 Å². The minimum atomic E-state index is -0.604. The molecule has 1 aromatic heterocycles. The molecule has 0 bridgehead atoms. The molecule has 0 atom stereocenters. The summed E-state index contributed by atoms with van der Waals surface area (Å²) in [6.45, 7) is 0. The fourth-order valence-electron chi connectivity index (χ4n) is 0.443. The second-order valence-electron chi connectivity index (χ2n) is 1.33. The lowest BCUT2D eigenvalue weighted by Crippen LogP contribution is -1.87. The molecule has 0 N–H and O–H groups in total. The summed E-state index contributed by atoms with van der Waals surface area (Å²) in [6, 6.07) is 0. The number of hydrogen-bond acceptors (Lipinski definition) is 3. The van der Waals surface area contributed by atoms with Crippen molar-refractivity contribution in [3.8, 4) is 0 Å². The highest BCUT2D eigenvalue weighted by Crippen LogP contribution is 2.27. The predicted molar refractivity (Wildman–Crippen MR) is 19.7 cm³/mol. The Morgan fingerprint density at radius 2 is 1.86 bits per heavy atom. The van der Waals surface area contributed by atoms with E-state index in [1.54, 1.807) is 6.42 Å². The molecule has 3 nitrogen and oxygen atoms in total. The molecule has 3 heteroatoms. The van der Waals surface area contributed by atoms with Crippen LogP contribution in [0.15, 0.2) is 13.6 Å². The smallest absolute Gasteiger partial charge is 0.395 e. The van der Waals surface area contributed by atoms with Crippen molar-refractivity contribution in [2.24, 2.45) is 0 Å². The van der Waals surface area contributed by atoms with Crippen LogP contribution in [0.1, 0.15) is 11.5 Å². The SMILES string of the molecule is O=c1oc2c(o1)[CH]2. The van der Waals surface area contributed by atoms with Crippen LogP contribution in [-0.4, -0.2) is 0 Å². The van der Waals surface area contributed by atoms with E-state index in [0.29, 0.717) is 11.5 Å². The van der Waals surface area contributed by atoms with E-state index >= 15 is 0 Å². The Labute approximate surface area is 38.6 Å². The van der Waals surface area contributed by atoms with Gasteiger partial charge >= 0.3 is 5.82 Å². The van der Waals surface area contributed by atoms with E-state index in [4.69, 9.17) is 0 Å². The Bertz CT molecular complexity index is 219. The third-order valence-electron chi connectivity index (χ3n) is 0.808. The van der Waals surface area contributed by atoms with Crippen LogP contribution in [0, 0.1) is 6.42 Å². The molecular weight excluding hydrogens is 96.0 g/mol. The van der Waals surface area contributed by atoms with Crippen LogP contribution in [0.25, 0.3) is 0 Å². The number of fused-ring (bicyclic) bond motifs is 1. The summed E-state index contributed by atoms with van der Waals surface area (Å²) in [7, 11) is 0. The van der Waals surface area contributed by atoms with Gasteiger partial charge in [-0.15, -0.1) is 0 Å². The van der Waals surface area contributed by atoms with E-state index in [1.165, 1.54) is 0 Å². The minimum Gasteiger partial charge on any atom is -0.395 e. The third-order valence-corrected chi connectivity index (χ3v) is 0.808. The van der Waals surface area contributed by atoms with Gasteiger partial charge in [-0.1, -0.05) is 0 Å². The van der Waals surface area contributed by atoms with Crippen LogP contribution < -0.4 is 5.82 Å². The molecular formula is C4HO3. The Kier molecular flexibility index (Phi) is 0.291. The molecule has 0 fully saturated rings. The van der Waals surface area contributed by atoms with E-state index in [0.717, 1.165) is 0 Å². The zero-order valence-electron chi connectivity index (χ0n) is 3.30. The second kappa shape index (κ2) is 0.665. The first-order chi connectivity index (χ1) is 3.36. The van der Waals surface area contributed by atoms with Gasteiger partial charge in [0.15, 0.2) is 11.5 Å². The van der Waals surface area contributed by atoms with E-state index in [2.05, 4.69) is 8.83 Å². The minimum absolute atomic E-state index is 0.588. The van der Waals surface area contributed by atoms with Gasteiger partial charge < -0.3 is 8.83 Å². The lowest BCUT2D eigenvalue weighted by Gasteiger charge is -1.61. The molecule has 1 heterocycles. The fourth-order valence-corrected chi connectivity index (χ4v) is 0.443. The van der Waals surface area contributed by atoms with Gasteiger partial charge in [-0.3, -0.25) is 0 Å². The first-order valence-electron chi connectivity index (χ1n) is 1.85. The van der Waals surface area contributed by atoms with Crippen molar-refractivity contribution in [1.29, 1.82) is 0 Å². The first-order valence-corrected chi connectivity index (χ1v) is 1.85. The predicted octanol–water partition coefficient (Wildman–Crippen LogP) is 0.147. The molecule has 7 heavy (non-hydrogen) atoms. The lowest BCUT2D eigenvalue weighted by atomic mass is 10.9. The van der Waals surface area contributed by atoms with Crippen molar-refractivity contribution in [3.63, 3.8) is 0 Å². The molecule has 0 unspecified atom stereocenters. The molecule has 0 amide bonds. The summed E-state index contributed by atoms with van der Waals surface area (Å²) >= 11 is 0. The van der Waals surface area contributed by atoms with E-state index < -0.39 is 5.82 Å². The molecule has 1 radical (unpaired) electrons. The van der Waals surface area contributed by atoms with Crippen molar-refractivity contribution in [1.82, 2.24) is 0 Å². The van der Waals surface area contributed by atoms with Crippen molar-refractivity contribution in [2.75, 3.05) is 0 Å². The Hall–Kier alpha value is -0.990. The highest BCUT2D eigenvalue weighted by Gasteiger charge is 2.27. The van der Waals surface area contributed by atoms with E-state index in [9.17, 15) is 4.79 Å². The van der Waals surface area contributed by atoms with Gasteiger partial charge in [0.25, 0.3) is 0 Å². The van der Waals surface area contributed by atoms with Gasteiger partial charge in [-0.05, 0) is 0 Å². The second-order valence-corrected chi connectivity index (χ2v) is 1.33. The Morgan fingerprint density at radius 1 is 1.29 bits per heavy atom. The van der Waals surface area contributed by atoms with E-state index in [1.807, 2.05) is 0 Å². The molecule has 1 aliphatic carbocycles. The van der Waals surface area contributed by atoms with Crippen LogP contribution in [0.3, 0.4) is 0 Å². The van der Waals surface area contributed by atoms with Gasteiger partial charge in [0.05, 0.1) is 0 Å². The van der Waals surface area contributed by atoms with Gasteiger partial charge in [0.2, 0.25) is 0 Å². The highest BCUT2D eigenvalue weighted by molar-refractivity contribution is 5.42. The van der Waals surface area contributed by atoms with Crippen molar-refractivity contribution >= 4 is 0 Å². The number of rotatable bonds is 0. The van der Waals surface area contributed by atoms with Crippen LogP contribution in [0.2, 0.25) is 0 Å².